The summed E-state index contributed by atoms with van der Waals surface area (Å²) in [6, 6.07) is 14.7. The summed E-state index contributed by atoms with van der Waals surface area (Å²) in [6.45, 7) is 1.18. The molecule has 10 heteroatoms. The van der Waals surface area contributed by atoms with Gasteiger partial charge in [0.05, 0.1) is 13.2 Å². The molecule has 186 valence electrons. The van der Waals surface area contributed by atoms with E-state index < -0.39 is 5.69 Å². The van der Waals surface area contributed by atoms with E-state index in [1.54, 1.807) is 30.6 Å². The van der Waals surface area contributed by atoms with Crippen molar-refractivity contribution in [2.24, 2.45) is 5.73 Å². The molecule has 0 aliphatic carbocycles. The smallest absolute Gasteiger partial charge is 0.350 e. The lowest BCUT2D eigenvalue weighted by molar-refractivity contribution is 0.141. The van der Waals surface area contributed by atoms with E-state index in [9.17, 15) is 4.79 Å². The van der Waals surface area contributed by atoms with Crippen LogP contribution in [0.5, 0.6) is 5.75 Å². The van der Waals surface area contributed by atoms with Crippen molar-refractivity contribution in [3.05, 3.63) is 99.5 Å². The van der Waals surface area contributed by atoms with Crippen molar-refractivity contribution >= 4 is 5.84 Å². The van der Waals surface area contributed by atoms with Gasteiger partial charge in [-0.25, -0.2) is 14.8 Å². The Morgan fingerprint density at radius 1 is 1.27 bits per heavy atom. The Balaban J connectivity index is 1.57. The molecule has 1 aliphatic rings. The molecule has 4 N–H and O–H groups in total. The Kier molecular flexibility index (Phi) is 6.78. The molecule has 0 radical (unpaired) electrons. The van der Waals surface area contributed by atoms with E-state index in [2.05, 4.69) is 26.0 Å². The van der Waals surface area contributed by atoms with Crippen molar-refractivity contribution in [2.75, 3.05) is 13.2 Å². The maximum atomic E-state index is 12.8. The van der Waals surface area contributed by atoms with Crippen LogP contribution in [0.3, 0.4) is 0 Å². The molecule has 2 aromatic carbocycles. The first kappa shape index (κ1) is 24.0. The standard InChI is InChI=1S/C27H25N7O3/c1-2-17-12-20(15-22(13-17)37-21-8-11-36-16-21)23(14-18-4-6-19(7-5-18)24(28)29)25-32-27(35)34(33-25)26-30-9-3-10-31-26/h1,3-7,9-10,12-13,15,21,23H,8,11,14,16H2,(H3,28,29)(H,32,33,35)/t21-,23?/m0/s1. The van der Waals surface area contributed by atoms with Crippen LogP contribution in [-0.4, -0.2) is 49.9 Å². The first-order chi connectivity index (χ1) is 18.0. The number of benzene rings is 2. The zero-order chi connectivity index (χ0) is 25.8. The van der Waals surface area contributed by atoms with Gasteiger partial charge in [-0.15, -0.1) is 16.2 Å². The first-order valence-corrected chi connectivity index (χ1v) is 11.8. The molecule has 10 nitrogen and oxygen atoms in total. The van der Waals surface area contributed by atoms with Gasteiger partial charge < -0.3 is 15.2 Å². The van der Waals surface area contributed by atoms with Crippen LogP contribution in [0.1, 0.15) is 40.4 Å². The molecule has 2 atom stereocenters. The van der Waals surface area contributed by atoms with Crippen molar-refractivity contribution in [2.45, 2.75) is 24.9 Å². The Morgan fingerprint density at radius 3 is 2.73 bits per heavy atom. The van der Waals surface area contributed by atoms with Crippen molar-refractivity contribution in [3.63, 3.8) is 0 Å². The Bertz CT molecular complexity index is 1500. The van der Waals surface area contributed by atoms with Crippen molar-refractivity contribution in [1.82, 2.24) is 24.7 Å². The third kappa shape index (κ3) is 5.42. The number of nitrogens with one attached hydrogen (secondary N) is 2. The van der Waals surface area contributed by atoms with E-state index in [1.165, 1.54) is 0 Å². The van der Waals surface area contributed by atoms with Gasteiger partial charge in [-0.3, -0.25) is 10.4 Å². The predicted molar refractivity (Wildman–Crippen MR) is 137 cm³/mol. The average Bonchev–Trinajstić information content (AvgIpc) is 3.57. The van der Waals surface area contributed by atoms with Crippen LogP contribution in [0, 0.1) is 17.8 Å². The summed E-state index contributed by atoms with van der Waals surface area (Å²) >= 11 is 0. The van der Waals surface area contributed by atoms with Crippen LogP contribution in [0.2, 0.25) is 0 Å². The maximum Gasteiger partial charge on any atom is 0.350 e. The number of hydrogen-bond donors (Lipinski definition) is 3. The van der Waals surface area contributed by atoms with E-state index in [0.29, 0.717) is 42.3 Å². The lowest BCUT2D eigenvalue weighted by Crippen LogP contribution is -2.18. The molecule has 0 spiro atoms. The fraction of sp³-hybridized carbons (Fsp3) is 0.222. The number of rotatable bonds is 8. The van der Waals surface area contributed by atoms with Crippen LogP contribution < -0.4 is 16.2 Å². The van der Waals surface area contributed by atoms with E-state index in [1.807, 2.05) is 30.3 Å². The summed E-state index contributed by atoms with van der Waals surface area (Å²) in [5, 5.41) is 12.2. The number of nitrogen functional groups attached to an aromatic ring is 1. The fourth-order valence-electron chi connectivity index (χ4n) is 4.24. The predicted octanol–water partition coefficient (Wildman–Crippen LogP) is 2.16. The summed E-state index contributed by atoms with van der Waals surface area (Å²) in [4.78, 5) is 24.0. The third-order valence-electron chi connectivity index (χ3n) is 6.10. The number of aromatic amines is 1. The van der Waals surface area contributed by atoms with E-state index in [-0.39, 0.29) is 23.8 Å². The van der Waals surface area contributed by atoms with Gasteiger partial charge in [0.2, 0.25) is 0 Å². The highest BCUT2D eigenvalue weighted by Gasteiger charge is 2.24. The minimum absolute atomic E-state index is 0.00608. The molecule has 0 bridgehead atoms. The van der Waals surface area contributed by atoms with Crippen molar-refractivity contribution < 1.29 is 9.47 Å². The van der Waals surface area contributed by atoms with Crippen molar-refractivity contribution in [1.29, 1.82) is 5.41 Å². The van der Waals surface area contributed by atoms with Gasteiger partial charge in [0.1, 0.15) is 23.5 Å². The third-order valence-corrected chi connectivity index (χ3v) is 6.10. The lowest BCUT2D eigenvalue weighted by Gasteiger charge is -2.19. The number of amidine groups is 1. The summed E-state index contributed by atoms with van der Waals surface area (Å²) in [7, 11) is 0. The zero-order valence-corrected chi connectivity index (χ0v) is 19.9. The summed E-state index contributed by atoms with van der Waals surface area (Å²) in [6.07, 6.45) is 10.1. The molecule has 1 saturated heterocycles. The number of ether oxygens (including phenoxy) is 2. The minimum Gasteiger partial charge on any atom is -0.488 e. The van der Waals surface area contributed by atoms with Gasteiger partial charge in [-0.2, -0.15) is 0 Å². The van der Waals surface area contributed by atoms with Crippen LogP contribution >= 0.6 is 0 Å². The Hall–Kier alpha value is -4.75. The van der Waals surface area contributed by atoms with E-state index >= 15 is 0 Å². The van der Waals surface area contributed by atoms with Gasteiger partial charge in [0, 0.05) is 35.9 Å². The second-order valence-corrected chi connectivity index (χ2v) is 8.68. The van der Waals surface area contributed by atoms with E-state index in [0.717, 1.165) is 22.2 Å². The molecule has 4 aromatic rings. The van der Waals surface area contributed by atoms with Gasteiger partial charge in [-0.05, 0) is 41.8 Å². The van der Waals surface area contributed by atoms with Gasteiger partial charge in [0.15, 0.2) is 0 Å². The van der Waals surface area contributed by atoms with Gasteiger partial charge in [-0.1, -0.05) is 30.2 Å². The summed E-state index contributed by atoms with van der Waals surface area (Å²) in [5.41, 5.74) is 8.23. The first-order valence-electron chi connectivity index (χ1n) is 11.8. The van der Waals surface area contributed by atoms with E-state index in [4.69, 9.17) is 27.0 Å². The summed E-state index contributed by atoms with van der Waals surface area (Å²) in [5.74, 6) is 3.54. The Morgan fingerprint density at radius 2 is 2.05 bits per heavy atom. The molecule has 3 heterocycles. The molecule has 1 fully saturated rings. The highest BCUT2D eigenvalue weighted by atomic mass is 16.5. The number of nitrogens with two attached hydrogens (primary N) is 1. The van der Waals surface area contributed by atoms with Gasteiger partial charge >= 0.3 is 5.69 Å². The largest absolute Gasteiger partial charge is 0.488 e. The van der Waals surface area contributed by atoms with Crippen molar-refractivity contribution in [3.8, 4) is 24.0 Å². The van der Waals surface area contributed by atoms with Crippen LogP contribution in [0.25, 0.3) is 5.95 Å². The molecule has 5 rings (SSSR count). The normalized spacial score (nSPS) is 15.7. The van der Waals surface area contributed by atoms with Crippen LogP contribution in [0.15, 0.2) is 65.7 Å². The molecule has 2 aromatic heterocycles. The highest BCUT2D eigenvalue weighted by Crippen LogP contribution is 2.31. The maximum absolute atomic E-state index is 12.8. The molecular weight excluding hydrogens is 470 g/mol. The number of aromatic nitrogens is 5. The lowest BCUT2D eigenvalue weighted by atomic mass is 9.89. The molecule has 1 unspecified atom stereocenters. The van der Waals surface area contributed by atoms with Crippen LogP contribution in [-0.2, 0) is 11.2 Å². The fourth-order valence-corrected chi connectivity index (χ4v) is 4.24. The number of nitrogens with zero attached hydrogens (tertiary/aromatic N) is 4. The number of terminal acetylenes is 1. The molecule has 0 saturated carbocycles. The highest BCUT2D eigenvalue weighted by molar-refractivity contribution is 5.94. The number of H-pyrrole nitrogens is 1. The van der Waals surface area contributed by atoms with Crippen LogP contribution in [0.4, 0.5) is 0 Å². The Labute approximate surface area is 213 Å². The minimum atomic E-state index is -0.453. The number of hydrogen-bond acceptors (Lipinski definition) is 7. The topological polar surface area (TPSA) is 145 Å². The SMILES string of the molecule is C#Cc1cc(O[C@H]2CCOC2)cc(C(Cc2ccc(C(=N)N)cc2)c2nn(-c3ncccn3)c(=O)[nH]2)c1. The quantitative estimate of drug-likeness (QED) is 0.193. The van der Waals surface area contributed by atoms with Gasteiger partial charge in [0.25, 0.3) is 5.95 Å². The molecule has 1 aliphatic heterocycles. The summed E-state index contributed by atoms with van der Waals surface area (Å²) < 4.78 is 12.7. The average molecular weight is 496 g/mol. The second-order valence-electron chi connectivity index (χ2n) is 8.68. The zero-order valence-electron chi connectivity index (χ0n) is 19.9. The second kappa shape index (κ2) is 10.5. The monoisotopic (exact) mass is 495 g/mol. The molecule has 0 amide bonds. The molecule has 37 heavy (non-hydrogen) atoms. The molecular formula is C27H25N7O3.